The summed E-state index contributed by atoms with van der Waals surface area (Å²) in [4.78, 5) is 12.6. The van der Waals surface area contributed by atoms with Crippen molar-refractivity contribution in [2.45, 2.75) is 69.7 Å². The number of aliphatic hydroxyl groups is 1. The van der Waals surface area contributed by atoms with Gasteiger partial charge in [0.25, 0.3) is 0 Å². The lowest BCUT2D eigenvalue weighted by Gasteiger charge is -2.49. The summed E-state index contributed by atoms with van der Waals surface area (Å²) in [6.45, 7) is 4.39. The Balaban J connectivity index is 0.00000225. The minimum absolute atomic E-state index is 0. The van der Waals surface area contributed by atoms with Crippen molar-refractivity contribution in [3.05, 3.63) is 35.9 Å². The zero-order valence-electron chi connectivity index (χ0n) is 16.2. The number of hydrogen-bond acceptors (Lipinski definition) is 3. The van der Waals surface area contributed by atoms with E-state index in [2.05, 4.69) is 20.9 Å². The molecule has 1 aromatic carbocycles. The lowest BCUT2D eigenvalue weighted by Crippen LogP contribution is -2.62. The molecule has 0 spiro atoms. The Labute approximate surface area is 194 Å². The number of carbonyl (C=O) groups excluding carboxylic acids is 1. The Kier molecular flexibility index (Phi) is 11.3. The van der Waals surface area contributed by atoms with Crippen LogP contribution in [0.2, 0.25) is 0 Å². The normalized spacial score (nSPS) is 29.7. The van der Waals surface area contributed by atoms with Gasteiger partial charge in [0.05, 0.1) is 31.8 Å². The number of halogens is 3. The molecule has 2 aliphatic rings. The van der Waals surface area contributed by atoms with Gasteiger partial charge in [-0.05, 0) is 19.4 Å². The Morgan fingerprint density at radius 2 is 1.63 bits per heavy atom. The number of rotatable bonds is 5. The molecule has 4 nitrogen and oxygen atoms in total. The van der Waals surface area contributed by atoms with E-state index >= 15 is 0 Å². The minimum atomic E-state index is -0.572. The van der Waals surface area contributed by atoms with Crippen LogP contribution >= 0.6 is 50.9 Å². The van der Waals surface area contributed by atoms with Crippen LogP contribution in [0.25, 0.3) is 0 Å². The van der Waals surface area contributed by atoms with Crippen molar-refractivity contribution < 1.29 is 19.1 Å². The summed E-state index contributed by atoms with van der Waals surface area (Å²) < 4.78 is 6.96. The fourth-order valence-corrected chi connectivity index (χ4v) is 4.82. The van der Waals surface area contributed by atoms with Gasteiger partial charge < -0.3 is 14.3 Å². The summed E-state index contributed by atoms with van der Waals surface area (Å²) in [6.07, 6.45) is 4.36. The van der Waals surface area contributed by atoms with Gasteiger partial charge in [-0.1, -0.05) is 30.3 Å². The standard InChI is InChI=1S/C20H30NO3.3BrH/c1-14(2)21(3)16-9-10-17(21)12-18(11-16)24-20(23)19(13-22)15-7-5-4-6-8-15;;;/h4-8,14,16-19,22H,9-13H2,1-3H3;3*1H/q+1;;;/t16-,17+,18?,19?,21?;;;. The predicted octanol–water partition coefficient (Wildman–Crippen LogP) is 4.59. The molecule has 1 N–H and O–H groups in total. The molecule has 0 saturated carbocycles. The topological polar surface area (TPSA) is 46.5 Å². The van der Waals surface area contributed by atoms with Crippen LogP contribution in [0.1, 0.15) is 51.0 Å². The molecule has 5 atom stereocenters. The maximum absolute atomic E-state index is 12.6. The number of esters is 1. The van der Waals surface area contributed by atoms with Crippen LogP contribution in [0.4, 0.5) is 0 Å². The summed E-state index contributed by atoms with van der Waals surface area (Å²) >= 11 is 0. The summed E-state index contributed by atoms with van der Waals surface area (Å²) in [6, 6.07) is 11.2. The van der Waals surface area contributed by atoms with Gasteiger partial charge in [-0.25, -0.2) is 0 Å². The summed E-state index contributed by atoms with van der Waals surface area (Å²) in [5.41, 5.74) is 0.826. The molecule has 1 aromatic rings. The molecule has 156 valence electrons. The van der Waals surface area contributed by atoms with Crippen LogP contribution in [0.5, 0.6) is 0 Å². The van der Waals surface area contributed by atoms with Crippen LogP contribution in [0, 0.1) is 0 Å². The lowest BCUT2D eigenvalue weighted by molar-refractivity contribution is -0.968. The maximum atomic E-state index is 12.6. The molecule has 0 aliphatic carbocycles. The van der Waals surface area contributed by atoms with Crippen molar-refractivity contribution in [1.82, 2.24) is 0 Å². The van der Waals surface area contributed by atoms with Crippen molar-refractivity contribution in [2.75, 3.05) is 13.7 Å². The summed E-state index contributed by atoms with van der Waals surface area (Å²) in [5, 5.41) is 9.65. The Hall–Kier alpha value is 0.0500. The number of carbonyl (C=O) groups is 1. The van der Waals surface area contributed by atoms with Crippen molar-refractivity contribution in [1.29, 1.82) is 0 Å². The number of quaternary nitrogens is 1. The van der Waals surface area contributed by atoms with Crippen LogP contribution in [0.15, 0.2) is 30.3 Å². The minimum Gasteiger partial charge on any atom is -0.461 e. The molecule has 0 radical (unpaired) electrons. The molecule has 3 rings (SSSR count). The zero-order valence-corrected chi connectivity index (χ0v) is 21.4. The monoisotopic (exact) mass is 572 g/mol. The van der Waals surface area contributed by atoms with Gasteiger partial charge in [-0.2, -0.15) is 0 Å². The molecule has 0 aromatic heterocycles. The molecule has 3 unspecified atom stereocenters. The Bertz CT molecular complexity index is 571. The highest BCUT2D eigenvalue weighted by atomic mass is 79.9. The molecular formula is C20H33Br3NO3+. The van der Waals surface area contributed by atoms with Crippen LogP contribution < -0.4 is 0 Å². The second-order valence-electron chi connectivity index (χ2n) is 7.88. The molecule has 7 heteroatoms. The largest absolute Gasteiger partial charge is 0.461 e. The second kappa shape index (κ2) is 11.3. The third kappa shape index (κ3) is 5.35. The van der Waals surface area contributed by atoms with Gasteiger partial charge in [0.1, 0.15) is 12.0 Å². The van der Waals surface area contributed by atoms with Crippen LogP contribution in [-0.2, 0) is 9.53 Å². The first-order chi connectivity index (χ1) is 11.5. The average Bonchev–Trinajstić information content (AvgIpc) is 2.74. The molecule has 2 aliphatic heterocycles. The number of hydrogen-bond donors (Lipinski definition) is 1. The quantitative estimate of drug-likeness (QED) is 0.413. The third-order valence-electron chi connectivity index (χ3n) is 6.54. The molecule has 2 saturated heterocycles. The van der Waals surface area contributed by atoms with E-state index in [1.54, 1.807) is 0 Å². The number of aliphatic hydroxyl groups excluding tert-OH is 1. The van der Waals surface area contributed by atoms with Crippen LogP contribution in [0.3, 0.4) is 0 Å². The van der Waals surface area contributed by atoms with Gasteiger partial charge in [-0.15, -0.1) is 50.9 Å². The summed E-state index contributed by atoms with van der Waals surface area (Å²) in [5.74, 6) is -0.856. The fourth-order valence-electron chi connectivity index (χ4n) is 4.82. The first kappa shape index (κ1) is 27.0. The highest BCUT2D eigenvalue weighted by Gasteiger charge is 2.53. The second-order valence-corrected chi connectivity index (χ2v) is 7.88. The molecular weight excluding hydrogens is 542 g/mol. The van der Waals surface area contributed by atoms with Gasteiger partial charge >= 0.3 is 5.97 Å². The van der Waals surface area contributed by atoms with E-state index in [0.717, 1.165) is 22.9 Å². The number of nitrogens with zero attached hydrogens (tertiary/aromatic N) is 1. The molecule has 27 heavy (non-hydrogen) atoms. The third-order valence-corrected chi connectivity index (χ3v) is 6.54. The fraction of sp³-hybridized carbons (Fsp3) is 0.650. The van der Waals surface area contributed by atoms with E-state index in [1.165, 1.54) is 12.8 Å². The molecule has 2 fully saturated rings. The lowest BCUT2D eigenvalue weighted by atomic mass is 9.94. The van der Waals surface area contributed by atoms with Gasteiger partial charge in [0, 0.05) is 25.7 Å². The van der Waals surface area contributed by atoms with E-state index in [0.29, 0.717) is 18.1 Å². The van der Waals surface area contributed by atoms with Crippen molar-refractivity contribution in [2.24, 2.45) is 0 Å². The first-order valence-corrected chi connectivity index (χ1v) is 9.18. The zero-order chi connectivity index (χ0) is 17.3. The highest BCUT2D eigenvalue weighted by molar-refractivity contribution is 8.93. The number of fused-ring (bicyclic) bond motifs is 2. The van der Waals surface area contributed by atoms with E-state index in [9.17, 15) is 9.90 Å². The van der Waals surface area contributed by atoms with Crippen LogP contribution in [-0.4, -0.2) is 53.4 Å². The first-order valence-electron chi connectivity index (χ1n) is 9.18. The Morgan fingerprint density at radius 1 is 1.11 bits per heavy atom. The van der Waals surface area contributed by atoms with Crippen molar-refractivity contribution in [3.63, 3.8) is 0 Å². The average molecular weight is 575 g/mol. The van der Waals surface area contributed by atoms with Gasteiger partial charge in [0.15, 0.2) is 0 Å². The number of piperidine rings is 1. The van der Waals surface area contributed by atoms with E-state index in [1.807, 2.05) is 30.3 Å². The van der Waals surface area contributed by atoms with Crippen molar-refractivity contribution in [3.8, 4) is 0 Å². The highest BCUT2D eigenvalue weighted by Crippen LogP contribution is 2.44. The maximum Gasteiger partial charge on any atom is 0.316 e. The molecule has 2 bridgehead atoms. The number of benzene rings is 1. The number of ether oxygens (including phenoxy) is 1. The SMILES string of the molecule is Br.Br.Br.CC(C)[N+]1(C)[C@@H]2CC[C@H]1CC(OC(=O)C(CO)c1ccccc1)C2. The predicted molar refractivity (Wildman–Crippen MR) is 124 cm³/mol. The van der Waals surface area contributed by atoms with Gasteiger partial charge in [-0.3, -0.25) is 4.79 Å². The summed E-state index contributed by atoms with van der Waals surface area (Å²) in [7, 11) is 2.37. The van der Waals surface area contributed by atoms with E-state index < -0.39 is 5.92 Å². The van der Waals surface area contributed by atoms with Crippen molar-refractivity contribution >= 4 is 56.9 Å². The van der Waals surface area contributed by atoms with E-state index in [-0.39, 0.29) is 69.6 Å². The molecule has 0 amide bonds. The Morgan fingerprint density at radius 3 is 2.07 bits per heavy atom. The smallest absolute Gasteiger partial charge is 0.316 e. The van der Waals surface area contributed by atoms with Gasteiger partial charge in [0.2, 0.25) is 0 Å². The van der Waals surface area contributed by atoms with E-state index in [4.69, 9.17) is 4.74 Å². The molecule has 2 heterocycles.